The van der Waals surface area contributed by atoms with E-state index in [4.69, 9.17) is 0 Å². The Bertz CT molecular complexity index is 1030. The number of nitrogens with zero attached hydrogens (tertiary/aromatic N) is 3. The zero-order chi connectivity index (χ0) is 21.3. The smallest absolute Gasteiger partial charge is 0.270 e. The van der Waals surface area contributed by atoms with Crippen LogP contribution in [0.4, 0.5) is 0 Å². The largest absolute Gasteiger partial charge is 0.492 e. The first-order valence-corrected chi connectivity index (χ1v) is 9.82. The van der Waals surface area contributed by atoms with Crippen molar-refractivity contribution in [3.05, 3.63) is 33.8 Å². The quantitative estimate of drug-likeness (QED) is 0.604. The Morgan fingerprint density at radius 2 is 2.00 bits per heavy atom. The highest BCUT2D eigenvalue weighted by Gasteiger charge is 2.29. The zero-order valence-electron chi connectivity index (χ0n) is 17.1. The first-order chi connectivity index (χ1) is 13.7. The SMILES string of the molecule is CC(C)Cn1c(=O)c(C(=O)NC2CC2)c(O)n2ncc(C=CC(=O)NC(C)C)c12. The van der Waals surface area contributed by atoms with Crippen LogP contribution in [0.3, 0.4) is 0 Å². The molecule has 1 saturated carbocycles. The van der Waals surface area contributed by atoms with E-state index < -0.39 is 17.3 Å². The third-order valence-electron chi connectivity index (χ3n) is 4.44. The minimum absolute atomic E-state index is 0.00763. The molecule has 9 nitrogen and oxygen atoms in total. The molecule has 0 aliphatic heterocycles. The molecule has 0 spiro atoms. The normalized spacial score (nSPS) is 14.3. The van der Waals surface area contributed by atoms with Crippen molar-refractivity contribution < 1.29 is 14.7 Å². The lowest BCUT2D eigenvalue weighted by atomic mass is 10.2. The highest BCUT2D eigenvalue weighted by atomic mass is 16.3. The molecule has 0 unspecified atom stereocenters. The van der Waals surface area contributed by atoms with E-state index in [-0.39, 0.29) is 29.5 Å². The monoisotopic (exact) mass is 401 g/mol. The van der Waals surface area contributed by atoms with Gasteiger partial charge < -0.3 is 15.7 Å². The fourth-order valence-electron chi connectivity index (χ4n) is 3.05. The van der Waals surface area contributed by atoms with Gasteiger partial charge in [0.15, 0.2) is 5.56 Å². The number of hydrogen-bond acceptors (Lipinski definition) is 5. The molecule has 156 valence electrons. The van der Waals surface area contributed by atoms with E-state index in [1.54, 1.807) is 6.08 Å². The summed E-state index contributed by atoms with van der Waals surface area (Å²) in [5.41, 5.74) is -0.0752. The summed E-state index contributed by atoms with van der Waals surface area (Å²) in [4.78, 5) is 37.6. The van der Waals surface area contributed by atoms with Crippen LogP contribution in [0, 0.1) is 5.92 Å². The topological polar surface area (TPSA) is 118 Å². The number of rotatable bonds is 7. The highest BCUT2D eigenvalue weighted by Crippen LogP contribution is 2.23. The van der Waals surface area contributed by atoms with Crippen molar-refractivity contribution in [1.82, 2.24) is 24.8 Å². The molecule has 1 aliphatic carbocycles. The van der Waals surface area contributed by atoms with Gasteiger partial charge in [0.05, 0.1) is 6.20 Å². The van der Waals surface area contributed by atoms with Gasteiger partial charge in [0.1, 0.15) is 5.65 Å². The third-order valence-corrected chi connectivity index (χ3v) is 4.44. The lowest BCUT2D eigenvalue weighted by molar-refractivity contribution is -0.116. The fourth-order valence-corrected chi connectivity index (χ4v) is 3.05. The van der Waals surface area contributed by atoms with Crippen molar-refractivity contribution in [2.75, 3.05) is 0 Å². The molecule has 3 rings (SSSR count). The minimum atomic E-state index is -0.599. The number of amides is 2. The van der Waals surface area contributed by atoms with Gasteiger partial charge in [0.2, 0.25) is 11.8 Å². The molecule has 2 aromatic heterocycles. The van der Waals surface area contributed by atoms with Crippen molar-refractivity contribution in [3.63, 3.8) is 0 Å². The maximum Gasteiger partial charge on any atom is 0.270 e. The molecule has 2 heterocycles. The number of carbonyl (C=O) groups is 2. The number of carbonyl (C=O) groups excluding carboxylic acids is 2. The maximum absolute atomic E-state index is 13.1. The second kappa shape index (κ2) is 8.10. The predicted octanol–water partition coefficient (Wildman–Crippen LogP) is 1.29. The van der Waals surface area contributed by atoms with E-state index in [2.05, 4.69) is 15.7 Å². The van der Waals surface area contributed by atoms with Gasteiger partial charge >= 0.3 is 0 Å². The summed E-state index contributed by atoms with van der Waals surface area (Å²) in [6.07, 6.45) is 6.08. The maximum atomic E-state index is 13.1. The molecule has 1 fully saturated rings. The lowest BCUT2D eigenvalue weighted by Crippen LogP contribution is -2.36. The van der Waals surface area contributed by atoms with Crippen molar-refractivity contribution in [3.8, 4) is 5.88 Å². The van der Waals surface area contributed by atoms with Crippen LogP contribution in [0.15, 0.2) is 17.1 Å². The van der Waals surface area contributed by atoms with Crippen LogP contribution in [-0.2, 0) is 11.3 Å². The molecule has 3 N–H and O–H groups in total. The molecule has 0 aromatic carbocycles. The number of aromatic nitrogens is 3. The van der Waals surface area contributed by atoms with Crippen molar-refractivity contribution in [2.45, 2.75) is 59.2 Å². The highest BCUT2D eigenvalue weighted by molar-refractivity contribution is 5.97. The molecule has 2 aromatic rings. The van der Waals surface area contributed by atoms with Crippen LogP contribution < -0.4 is 16.2 Å². The molecule has 9 heteroatoms. The molecule has 0 atom stereocenters. The van der Waals surface area contributed by atoms with E-state index in [1.165, 1.54) is 21.4 Å². The zero-order valence-corrected chi connectivity index (χ0v) is 17.1. The summed E-state index contributed by atoms with van der Waals surface area (Å²) in [5, 5.41) is 20.3. The molecule has 29 heavy (non-hydrogen) atoms. The third kappa shape index (κ3) is 4.49. The molecule has 0 bridgehead atoms. The van der Waals surface area contributed by atoms with Crippen molar-refractivity contribution in [2.24, 2.45) is 5.92 Å². The van der Waals surface area contributed by atoms with Gasteiger partial charge in [-0.1, -0.05) is 13.8 Å². The van der Waals surface area contributed by atoms with Gasteiger partial charge in [-0.15, -0.1) is 0 Å². The Labute approximate surface area is 168 Å². The van der Waals surface area contributed by atoms with Crippen LogP contribution in [0.5, 0.6) is 5.88 Å². The molecule has 2 amide bonds. The summed E-state index contributed by atoms with van der Waals surface area (Å²) < 4.78 is 2.60. The van der Waals surface area contributed by atoms with Crippen LogP contribution in [-0.4, -0.2) is 43.2 Å². The standard InChI is InChI=1S/C20H27N5O4/c1-11(2)10-24-18-13(5-8-15(26)22-12(3)4)9-21-25(18)20(29)16(19(24)28)17(27)23-14-6-7-14/h5,8-9,11-12,14,29H,6-7,10H2,1-4H3,(H,22,26)(H,23,27). The van der Waals surface area contributed by atoms with Gasteiger partial charge in [-0.3, -0.25) is 19.0 Å². The van der Waals surface area contributed by atoms with Crippen LogP contribution in [0.1, 0.15) is 56.5 Å². The summed E-state index contributed by atoms with van der Waals surface area (Å²) in [5.74, 6) is -1.27. The van der Waals surface area contributed by atoms with E-state index >= 15 is 0 Å². The summed E-state index contributed by atoms with van der Waals surface area (Å²) >= 11 is 0. The summed E-state index contributed by atoms with van der Waals surface area (Å²) in [6, 6.07) is 0.0397. The van der Waals surface area contributed by atoms with Gasteiger partial charge in [0.25, 0.3) is 11.5 Å². The van der Waals surface area contributed by atoms with E-state index in [0.717, 1.165) is 12.8 Å². The summed E-state index contributed by atoms with van der Waals surface area (Å²) in [7, 11) is 0. The minimum Gasteiger partial charge on any atom is -0.492 e. The Kier molecular flexibility index (Phi) is 5.76. The Morgan fingerprint density at radius 1 is 1.31 bits per heavy atom. The van der Waals surface area contributed by atoms with Gasteiger partial charge in [-0.2, -0.15) is 9.61 Å². The summed E-state index contributed by atoms with van der Waals surface area (Å²) in [6.45, 7) is 7.93. The van der Waals surface area contributed by atoms with Crippen LogP contribution in [0.2, 0.25) is 0 Å². The van der Waals surface area contributed by atoms with E-state index in [0.29, 0.717) is 17.8 Å². The molecular weight excluding hydrogens is 374 g/mol. The van der Waals surface area contributed by atoms with E-state index in [9.17, 15) is 19.5 Å². The Morgan fingerprint density at radius 3 is 2.59 bits per heavy atom. The number of fused-ring (bicyclic) bond motifs is 1. The average molecular weight is 401 g/mol. The number of aromatic hydroxyl groups is 1. The predicted molar refractivity (Wildman–Crippen MR) is 109 cm³/mol. The second-order valence-electron chi connectivity index (χ2n) is 8.09. The van der Waals surface area contributed by atoms with Gasteiger partial charge in [-0.05, 0) is 38.7 Å². The molecule has 0 radical (unpaired) electrons. The lowest BCUT2D eigenvalue weighted by Gasteiger charge is -2.15. The Balaban J connectivity index is 2.12. The fraction of sp³-hybridized carbons (Fsp3) is 0.500. The first kappa shape index (κ1) is 20.6. The van der Waals surface area contributed by atoms with Crippen molar-refractivity contribution in [1.29, 1.82) is 0 Å². The number of hydrogen-bond donors (Lipinski definition) is 3. The Hall–Kier alpha value is -3.10. The van der Waals surface area contributed by atoms with Gasteiger partial charge in [0, 0.05) is 30.3 Å². The van der Waals surface area contributed by atoms with Crippen molar-refractivity contribution >= 4 is 23.5 Å². The van der Waals surface area contributed by atoms with Crippen LogP contribution in [0.25, 0.3) is 11.7 Å². The van der Waals surface area contributed by atoms with Crippen LogP contribution >= 0.6 is 0 Å². The first-order valence-electron chi connectivity index (χ1n) is 9.82. The molecule has 1 aliphatic rings. The molecular formula is C20H27N5O4. The average Bonchev–Trinajstić information content (AvgIpc) is 3.32. The van der Waals surface area contributed by atoms with Gasteiger partial charge in [-0.25, -0.2) is 0 Å². The molecule has 0 saturated heterocycles. The second-order valence-corrected chi connectivity index (χ2v) is 8.09. The van der Waals surface area contributed by atoms with E-state index in [1.807, 2.05) is 27.7 Å². The number of nitrogens with one attached hydrogen (secondary N) is 2.